The van der Waals surface area contributed by atoms with Crippen LogP contribution in [0.4, 0.5) is 0 Å². The zero-order chi connectivity index (χ0) is 20.1. The third kappa shape index (κ3) is 4.16. The molecular formula is C23H19N3O3. The van der Waals surface area contributed by atoms with Gasteiger partial charge in [0.15, 0.2) is 0 Å². The van der Waals surface area contributed by atoms with Gasteiger partial charge in [0.2, 0.25) is 0 Å². The first kappa shape index (κ1) is 18.4. The molecule has 0 amide bonds. The lowest BCUT2D eigenvalue weighted by Gasteiger charge is -2.10. The molecule has 144 valence electrons. The topological polar surface area (TPSA) is 65.7 Å². The van der Waals surface area contributed by atoms with E-state index in [2.05, 4.69) is 10.1 Å². The van der Waals surface area contributed by atoms with Crippen LogP contribution in [0.2, 0.25) is 0 Å². The molecule has 3 aromatic carbocycles. The molecule has 0 aliphatic heterocycles. The highest BCUT2D eigenvalue weighted by atomic mass is 16.7. The predicted molar refractivity (Wildman–Crippen MR) is 111 cm³/mol. The largest absolute Gasteiger partial charge is 0.496 e. The van der Waals surface area contributed by atoms with E-state index in [1.807, 2.05) is 53.2 Å². The van der Waals surface area contributed by atoms with Crippen molar-refractivity contribution in [1.82, 2.24) is 9.55 Å². The molecule has 0 saturated heterocycles. The van der Waals surface area contributed by atoms with Crippen LogP contribution >= 0.6 is 0 Å². The van der Waals surface area contributed by atoms with E-state index >= 15 is 0 Å². The molecule has 4 rings (SSSR count). The Kier molecular flexibility index (Phi) is 5.33. The Bertz CT molecular complexity index is 1170. The Morgan fingerprint density at radius 1 is 1.03 bits per heavy atom. The molecule has 1 heterocycles. The van der Waals surface area contributed by atoms with E-state index in [1.165, 1.54) is 7.11 Å². The van der Waals surface area contributed by atoms with Gasteiger partial charge in [0.1, 0.15) is 17.0 Å². The fraction of sp³-hybridized carbons (Fsp3) is 0.0870. The first-order valence-electron chi connectivity index (χ1n) is 9.11. The van der Waals surface area contributed by atoms with Gasteiger partial charge >= 0.3 is 5.97 Å². The van der Waals surface area contributed by atoms with Gasteiger partial charge in [0, 0.05) is 18.0 Å². The fourth-order valence-electron chi connectivity index (χ4n) is 3.05. The van der Waals surface area contributed by atoms with Gasteiger partial charge in [-0.05, 0) is 29.0 Å². The summed E-state index contributed by atoms with van der Waals surface area (Å²) in [5, 5.41) is 6.40. The highest BCUT2D eigenvalue weighted by Gasteiger charge is 2.15. The van der Waals surface area contributed by atoms with Crippen molar-refractivity contribution < 1.29 is 14.4 Å². The Morgan fingerprint density at radius 3 is 2.62 bits per heavy atom. The maximum atomic E-state index is 12.5. The quantitative estimate of drug-likeness (QED) is 0.282. The molecule has 0 aliphatic carbocycles. The van der Waals surface area contributed by atoms with Crippen LogP contribution in [0.15, 0.2) is 90.6 Å². The molecule has 6 heteroatoms. The Morgan fingerprint density at radius 2 is 1.83 bits per heavy atom. The van der Waals surface area contributed by atoms with E-state index in [4.69, 9.17) is 9.57 Å². The van der Waals surface area contributed by atoms with Crippen LogP contribution in [0.1, 0.15) is 15.9 Å². The summed E-state index contributed by atoms with van der Waals surface area (Å²) in [5.74, 6) is -0.138. The number of methoxy groups -OCH3 is 1. The van der Waals surface area contributed by atoms with Gasteiger partial charge in [-0.3, -0.25) is 0 Å². The van der Waals surface area contributed by atoms with E-state index in [1.54, 1.807) is 36.8 Å². The summed E-state index contributed by atoms with van der Waals surface area (Å²) in [4.78, 5) is 21.9. The first-order valence-corrected chi connectivity index (χ1v) is 9.11. The summed E-state index contributed by atoms with van der Waals surface area (Å²) in [6, 6.07) is 21.0. The van der Waals surface area contributed by atoms with Gasteiger partial charge in [0.05, 0.1) is 20.0 Å². The maximum Gasteiger partial charge on any atom is 0.369 e. The summed E-state index contributed by atoms with van der Waals surface area (Å²) in [5.41, 5.74) is 1.79. The van der Waals surface area contributed by atoms with Gasteiger partial charge in [-0.2, -0.15) is 0 Å². The Balaban J connectivity index is 1.66. The second kappa shape index (κ2) is 8.39. The van der Waals surface area contributed by atoms with E-state index < -0.39 is 5.97 Å². The highest BCUT2D eigenvalue weighted by molar-refractivity contribution is 6.03. The first-order chi connectivity index (χ1) is 14.2. The molecule has 0 atom stereocenters. The van der Waals surface area contributed by atoms with Gasteiger partial charge in [0.25, 0.3) is 0 Å². The van der Waals surface area contributed by atoms with E-state index in [9.17, 15) is 4.79 Å². The Labute approximate surface area is 168 Å². The molecule has 0 radical (unpaired) electrons. The third-order valence-corrected chi connectivity index (χ3v) is 4.54. The van der Waals surface area contributed by atoms with Crippen LogP contribution in [0, 0.1) is 0 Å². The molecule has 0 unspecified atom stereocenters. The van der Waals surface area contributed by atoms with Crippen LogP contribution in [0.5, 0.6) is 5.75 Å². The summed E-state index contributed by atoms with van der Waals surface area (Å²) < 4.78 is 7.10. The van der Waals surface area contributed by atoms with Crippen molar-refractivity contribution in [2.24, 2.45) is 5.16 Å². The summed E-state index contributed by atoms with van der Waals surface area (Å²) in [6.45, 7) is 0.414. The minimum atomic E-state index is -0.577. The van der Waals surface area contributed by atoms with E-state index in [-0.39, 0.29) is 0 Å². The van der Waals surface area contributed by atoms with Gasteiger partial charge in [-0.1, -0.05) is 53.7 Å². The number of rotatable bonds is 6. The number of para-hydroxylation sites is 1. The number of ether oxygens (including phenoxy) is 1. The maximum absolute atomic E-state index is 12.5. The fourth-order valence-corrected chi connectivity index (χ4v) is 3.05. The summed E-state index contributed by atoms with van der Waals surface area (Å²) in [7, 11) is 1.51. The van der Waals surface area contributed by atoms with Crippen molar-refractivity contribution >= 4 is 22.5 Å². The number of nitrogens with zero attached hydrogens (tertiary/aromatic N) is 3. The number of hydrogen-bond donors (Lipinski definition) is 0. The van der Waals surface area contributed by atoms with E-state index in [0.29, 0.717) is 23.6 Å². The molecule has 0 spiro atoms. The molecular weight excluding hydrogens is 366 g/mol. The highest BCUT2D eigenvalue weighted by Crippen LogP contribution is 2.20. The number of benzene rings is 3. The number of carbonyl (C=O) groups excluding carboxylic acids is 1. The minimum absolute atomic E-state index is 0.319. The zero-order valence-electron chi connectivity index (χ0n) is 15.9. The van der Waals surface area contributed by atoms with Crippen LogP contribution in [0.3, 0.4) is 0 Å². The molecule has 0 bridgehead atoms. The molecule has 6 nitrogen and oxygen atoms in total. The smallest absolute Gasteiger partial charge is 0.369 e. The molecule has 29 heavy (non-hydrogen) atoms. The van der Waals surface area contributed by atoms with Crippen molar-refractivity contribution in [3.05, 3.63) is 96.6 Å². The monoisotopic (exact) mass is 385 g/mol. The summed E-state index contributed by atoms with van der Waals surface area (Å²) >= 11 is 0. The average molecular weight is 385 g/mol. The molecule has 0 saturated carbocycles. The second-order valence-electron chi connectivity index (χ2n) is 6.41. The van der Waals surface area contributed by atoms with E-state index in [0.717, 1.165) is 16.3 Å². The third-order valence-electron chi connectivity index (χ3n) is 4.54. The van der Waals surface area contributed by atoms with Crippen molar-refractivity contribution in [3.8, 4) is 5.75 Å². The Hall–Kier alpha value is -3.93. The van der Waals surface area contributed by atoms with Crippen LogP contribution in [-0.2, 0) is 11.4 Å². The van der Waals surface area contributed by atoms with Crippen molar-refractivity contribution in [2.45, 2.75) is 6.54 Å². The number of fused-ring (bicyclic) bond motifs is 1. The number of hydrogen-bond acceptors (Lipinski definition) is 5. The summed E-state index contributed by atoms with van der Waals surface area (Å²) in [6.07, 6.45) is 5.22. The zero-order valence-corrected chi connectivity index (χ0v) is 15.9. The molecule has 1 aromatic heterocycles. The second-order valence-corrected chi connectivity index (χ2v) is 6.41. The van der Waals surface area contributed by atoms with Crippen LogP contribution in [0.25, 0.3) is 10.8 Å². The van der Waals surface area contributed by atoms with Crippen molar-refractivity contribution in [1.29, 1.82) is 0 Å². The predicted octanol–water partition coefficient (Wildman–Crippen LogP) is 4.31. The molecule has 0 aliphatic rings. The van der Waals surface area contributed by atoms with Crippen molar-refractivity contribution in [2.75, 3.05) is 7.11 Å². The van der Waals surface area contributed by atoms with Gasteiger partial charge < -0.3 is 14.1 Å². The lowest BCUT2D eigenvalue weighted by molar-refractivity contribution is 0.0512. The van der Waals surface area contributed by atoms with Gasteiger partial charge in [-0.15, -0.1) is 0 Å². The normalized spacial score (nSPS) is 11.4. The minimum Gasteiger partial charge on any atom is -0.496 e. The standard InChI is InChI=1S/C23H19N3O3/c1-28-22-9-5-4-8-20(22)23(27)29-25-21(15-26-13-12-24-16-26)19-11-10-17-6-2-3-7-18(17)14-19/h2-14,16H,15H2,1H3/b25-21-. The number of oxime groups is 1. The van der Waals surface area contributed by atoms with Crippen LogP contribution < -0.4 is 4.74 Å². The lowest BCUT2D eigenvalue weighted by atomic mass is 10.0. The molecule has 4 aromatic rings. The van der Waals surface area contributed by atoms with Gasteiger partial charge in [-0.25, -0.2) is 9.78 Å². The number of imidazole rings is 1. The SMILES string of the molecule is COc1ccccc1C(=O)O/N=C(/Cn1ccnc1)c1ccc2ccccc2c1. The van der Waals surface area contributed by atoms with Crippen LogP contribution in [-0.4, -0.2) is 28.3 Å². The molecule has 0 fully saturated rings. The number of carbonyl (C=O) groups is 1. The molecule has 0 N–H and O–H groups in total. The lowest BCUT2D eigenvalue weighted by Crippen LogP contribution is -2.13. The average Bonchev–Trinajstić information content (AvgIpc) is 3.29. The van der Waals surface area contributed by atoms with Crippen molar-refractivity contribution in [3.63, 3.8) is 0 Å². The number of aromatic nitrogens is 2.